The summed E-state index contributed by atoms with van der Waals surface area (Å²) < 4.78 is 10.8. The fraction of sp³-hybridized carbons (Fsp3) is 0.389. The van der Waals surface area contributed by atoms with Gasteiger partial charge in [0.25, 0.3) is 5.91 Å². The van der Waals surface area contributed by atoms with E-state index < -0.39 is 5.60 Å². The lowest BCUT2D eigenvalue weighted by Gasteiger charge is -2.26. The van der Waals surface area contributed by atoms with Crippen LogP contribution in [0.2, 0.25) is 0 Å². The van der Waals surface area contributed by atoms with Gasteiger partial charge in [-0.2, -0.15) is 0 Å². The minimum absolute atomic E-state index is 0.132. The van der Waals surface area contributed by atoms with Gasteiger partial charge in [0.15, 0.2) is 0 Å². The predicted octanol–water partition coefficient (Wildman–Crippen LogP) is 3.99. The van der Waals surface area contributed by atoms with Crippen molar-refractivity contribution in [2.24, 2.45) is 0 Å². The molecule has 0 aliphatic rings. The average Bonchev–Trinajstić information content (AvgIpc) is 2.55. The first kappa shape index (κ1) is 16.3. The van der Waals surface area contributed by atoms with Gasteiger partial charge in [0.1, 0.15) is 11.4 Å². The number of fused-ring (bicyclic) bond motifs is 1. The SMILES string of the molecule is CCC[C@@](C)(OC)C(=O)Nc1ccc(OC)c2ccccc12. The smallest absolute Gasteiger partial charge is 0.256 e. The molecule has 1 atom stereocenters. The fourth-order valence-corrected chi connectivity index (χ4v) is 2.60. The first-order valence-electron chi connectivity index (χ1n) is 7.48. The molecule has 0 aliphatic carbocycles. The topological polar surface area (TPSA) is 47.6 Å². The maximum absolute atomic E-state index is 12.6. The second-order valence-electron chi connectivity index (χ2n) is 5.50. The number of carbonyl (C=O) groups is 1. The van der Waals surface area contributed by atoms with Crippen molar-refractivity contribution >= 4 is 22.4 Å². The zero-order valence-corrected chi connectivity index (χ0v) is 13.6. The summed E-state index contributed by atoms with van der Waals surface area (Å²) >= 11 is 0. The van der Waals surface area contributed by atoms with Crippen molar-refractivity contribution in [2.75, 3.05) is 19.5 Å². The number of amides is 1. The summed E-state index contributed by atoms with van der Waals surface area (Å²) in [7, 11) is 3.21. The maximum atomic E-state index is 12.6. The summed E-state index contributed by atoms with van der Waals surface area (Å²) in [4.78, 5) is 12.6. The molecule has 1 N–H and O–H groups in total. The first-order chi connectivity index (χ1) is 10.6. The van der Waals surface area contributed by atoms with Crippen molar-refractivity contribution in [2.45, 2.75) is 32.3 Å². The van der Waals surface area contributed by atoms with Crippen LogP contribution in [0.1, 0.15) is 26.7 Å². The summed E-state index contributed by atoms with van der Waals surface area (Å²) in [6.07, 6.45) is 1.55. The van der Waals surface area contributed by atoms with Crippen LogP contribution in [0.5, 0.6) is 5.75 Å². The van der Waals surface area contributed by atoms with Gasteiger partial charge in [-0.15, -0.1) is 0 Å². The van der Waals surface area contributed by atoms with E-state index in [1.165, 1.54) is 0 Å². The molecule has 2 rings (SSSR count). The summed E-state index contributed by atoms with van der Waals surface area (Å²) in [5.74, 6) is 0.656. The fourth-order valence-electron chi connectivity index (χ4n) is 2.60. The number of ether oxygens (including phenoxy) is 2. The van der Waals surface area contributed by atoms with Gasteiger partial charge in [0.2, 0.25) is 0 Å². The van der Waals surface area contributed by atoms with E-state index in [1.807, 2.05) is 50.2 Å². The molecule has 118 valence electrons. The molecule has 4 nitrogen and oxygen atoms in total. The van der Waals surface area contributed by atoms with E-state index >= 15 is 0 Å². The lowest BCUT2D eigenvalue weighted by atomic mass is 9.98. The van der Waals surface area contributed by atoms with Crippen LogP contribution < -0.4 is 10.1 Å². The van der Waals surface area contributed by atoms with Gasteiger partial charge < -0.3 is 14.8 Å². The van der Waals surface area contributed by atoms with Crippen molar-refractivity contribution in [1.82, 2.24) is 0 Å². The van der Waals surface area contributed by atoms with E-state index in [0.29, 0.717) is 6.42 Å². The Morgan fingerprint density at radius 3 is 2.41 bits per heavy atom. The molecular formula is C18H23NO3. The van der Waals surface area contributed by atoms with Gasteiger partial charge in [-0.1, -0.05) is 37.6 Å². The lowest BCUT2D eigenvalue weighted by molar-refractivity contribution is -0.136. The molecule has 4 heteroatoms. The van der Waals surface area contributed by atoms with Crippen LogP contribution in [-0.4, -0.2) is 25.7 Å². The molecule has 22 heavy (non-hydrogen) atoms. The number of hydrogen-bond acceptors (Lipinski definition) is 3. The molecule has 0 unspecified atom stereocenters. The second kappa shape index (κ2) is 6.79. The summed E-state index contributed by atoms with van der Waals surface area (Å²) in [5, 5.41) is 4.91. The Labute approximate surface area is 131 Å². The van der Waals surface area contributed by atoms with Crippen LogP contribution in [0, 0.1) is 0 Å². The van der Waals surface area contributed by atoms with Gasteiger partial charge in [-0.25, -0.2) is 0 Å². The van der Waals surface area contributed by atoms with Gasteiger partial charge in [0, 0.05) is 23.6 Å². The van der Waals surface area contributed by atoms with Crippen molar-refractivity contribution in [3.63, 3.8) is 0 Å². The number of methoxy groups -OCH3 is 2. The second-order valence-corrected chi connectivity index (χ2v) is 5.50. The maximum Gasteiger partial charge on any atom is 0.256 e. The van der Waals surface area contributed by atoms with Crippen LogP contribution in [0.4, 0.5) is 5.69 Å². The number of carbonyl (C=O) groups excluding carboxylic acids is 1. The molecule has 0 aromatic heterocycles. The van der Waals surface area contributed by atoms with E-state index in [9.17, 15) is 4.79 Å². The Morgan fingerprint density at radius 2 is 1.82 bits per heavy atom. The summed E-state index contributed by atoms with van der Waals surface area (Å²) in [6, 6.07) is 11.6. The highest BCUT2D eigenvalue weighted by molar-refractivity contribution is 6.06. The normalized spacial score (nSPS) is 13.6. The molecule has 0 spiro atoms. The molecule has 2 aromatic rings. The van der Waals surface area contributed by atoms with Gasteiger partial charge in [-0.3, -0.25) is 4.79 Å². The van der Waals surface area contributed by atoms with E-state index in [4.69, 9.17) is 9.47 Å². The van der Waals surface area contributed by atoms with Crippen molar-refractivity contribution in [3.8, 4) is 5.75 Å². The predicted molar refractivity (Wildman–Crippen MR) is 89.5 cm³/mol. The Hall–Kier alpha value is -2.07. The van der Waals surface area contributed by atoms with Crippen LogP contribution in [0.25, 0.3) is 10.8 Å². The van der Waals surface area contributed by atoms with Crippen molar-refractivity contribution < 1.29 is 14.3 Å². The molecule has 0 heterocycles. The lowest BCUT2D eigenvalue weighted by Crippen LogP contribution is -2.41. The van der Waals surface area contributed by atoms with Gasteiger partial charge in [-0.05, 0) is 25.5 Å². The minimum Gasteiger partial charge on any atom is -0.496 e. The number of anilines is 1. The number of rotatable bonds is 6. The molecule has 0 bridgehead atoms. The highest BCUT2D eigenvalue weighted by Crippen LogP contribution is 2.32. The van der Waals surface area contributed by atoms with Crippen LogP contribution >= 0.6 is 0 Å². The van der Waals surface area contributed by atoms with Gasteiger partial charge >= 0.3 is 0 Å². The third kappa shape index (κ3) is 3.07. The molecule has 0 fully saturated rings. The van der Waals surface area contributed by atoms with Crippen LogP contribution in [0.3, 0.4) is 0 Å². The van der Waals surface area contributed by atoms with E-state index in [1.54, 1.807) is 14.2 Å². The highest BCUT2D eigenvalue weighted by atomic mass is 16.5. The highest BCUT2D eigenvalue weighted by Gasteiger charge is 2.32. The van der Waals surface area contributed by atoms with E-state index in [2.05, 4.69) is 5.32 Å². The quantitative estimate of drug-likeness (QED) is 0.877. The Morgan fingerprint density at radius 1 is 1.14 bits per heavy atom. The Balaban J connectivity index is 2.38. The van der Waals surface area contributed by atoms with Crippen LogP contribution in [0.15, 0.2) is 36.4 Å². The molecular weight excluding hydrogens is 278 g/mol. The molecule has 2 aromatic carbocycles. The largest absolute Gasteiger partial charge is 0.496 e. The zero-order valence-electron chi connectivity index (χ0n) is 13.6. The zero-order chi connectivity index (χ0) is 16.2. The van der Waals surface area contributed by atoms with Crippen LogP contribution in [-0.2, 0) is 9.53 Å². The first-order valence-corrected chi connectivity index (χ1v) is 7.48. The summed E-state index contributed by atoms with van der Waals surface area (Å²) in [6.45, 7) is 3.85. The molecule has 0 saturated carbocycles. The molecule has 0 saturated heterocycles. The van der Waals surface area contributed by atoms with Crippen molar-refractivity contribution in [1.29, 1.82) is 0 Å². The number of nitrogens with one attached hydrogen (secondary N) is 1. The molecule has 1 amide bonds. The Kier molecular flexibility index (Phi) is 5.03. The Bertz CT molecular complexity index is 668. The third-order valence-corrected chi connectivity index (χ3v) is 4.01. The number of hydrogen-bond donors (Lipinski definition) is 1. The van der Waals surface area contributed by atoms with Crippen molar-refractivity contribution in [3.05, 3.63) is 36.4 Å². The minimum atomic E-state index is -0.824. The molecule has 0 radical (unpaired) electrons. The standard InChI is InChI=1S/C18H23NO3/c1-5-12-18(2,22-4)17(20)19-15-10-11-16(21-3)14-9-7-6-8-13(14)15/h6-11H,5,12H2,1-4H3,(H,19,20)/t18-/m1/s1. The van der Waals surface area contributed by atoms with Gasteiger partial charge in [0.05, 0.1) is 7.11 Å². The molecule has 0 aliphatic heterocycles. The summed E-state index contributed by atoms with van der Waals surface area (Å²) in [5.41, 5.74) is -0.0590. The number of benzene rings is 2. The average molecular weight is 301 g/mol. The van der Waals surface area contributed by atoms with E-state index in [-0.39, 0.29) is 5.91 Å². The monoisotopic (exact) mass is 301 g/mol. The third-order valence-electron chi connectivity index (χ3n) is 4.01. The van der Waals surface area contributed by atoms with E-state index in [0.717, 1.165) is 28.6 Å².